The van der Waals surface area contributed by atoms with Gasteiger partial charge in [0.05, 0.1) is 0 Å². The van der Waals surface area contributed by atoms with Crippen LogP contribution >= 0.6 is 0 Å². The molecule has 3 nitrogen and oxygen atoms in total. The molecule has 1 aromatic carbocycles. The fourth-order valence-electron chi connectivity index (χ4n) is 1.80. The molecule has 0 aliphatic rings. The van der Waals surface area contributed by atoms with Crippen LogP contribution in [0.25, 0.3) is 0 Å². The second-order valence-corrected chi connectivity index (χ2v) is 5.16. The molecule has 2 N–H and O–H groups in total. The third-order valence-electron chi connectivity index (χ3n) is 3.11. The molecule has 0 heterocycles. The van der Waals surface area contributed by atoms with Gasteiger partial charge in [-0.2, -0.15) is 0 Å². The summed E-state index contributed by atoms with van der Waals surface area (Å²) in [5.74, 6) is 0.679. The van der Waals surface area contributed by atoms with E-state index < -0.39 is 0 Å². The maximum absolute atomic E-state index is 11.5. The lowest BCUT2D eigenvalue weighted by atomic mass is 10.0. The van der Waals surface area contributed by atoms with Crippen LogP contribution in [0.4, 0.5) is 5.69 Å². The highest BCUT2D eigenvalue weighted by molar-refractivity contribution is 5.76. The summed E-state index contributed by atoms with van der Waals surface area (Å²) < 4.78 is 0. The molecule has 1 rings (SSSR count). The van der Waals surface area contributed by atoms with Gasteiger partial charge in [0.15, 0.2) is 0 Å². The smallest absolute Gasteiger partial charge is 0.221 e. The van der Waals surface area contributed by atoms with Crippen LogP contribution < -0.4 is 10.6 Å². The lowest BCUT2D eigenvalue weighted by Gasteiger charge is -2.09. The molecule has 0 spiro atoms. The van der Waals surface area contributed by atoms with Gasteiger partial charge in [-0.25, -0.2) is 0 Å². The summed E-state index contributed by atoms with van der Waals surface area (Å²) in [4.78, 5) is 11.5. The molecule has 0 radical (unpaired) electrons. The molecule has 0 saturated carbocycles. The minimum absolute atomic E-state index is 0.125. The Hall–Kier alpha value is -1.51. The Balaban J connectivity index is 2.23. The number of unbranched alkanes of at least 4 members (excludes halogenated alkanes) is 1. The number of carbonyl (C=O) groups excluding carboxylic acids is 1. The quantitative estimate of drug-likeness (QED) is 0.704. The van der Waals surface area contributed by atoms with Crippen LogP contribution in [0.3, 0.4) is 0 Å². The van der Waals surface area contributed by atoms with Crippen molar-refractivity contribution in [2.45, 2.75) is 46.0 Å². The summed E-state index contributed by atoms with van der Waals surface area (Å²) in [5.41, 5.74) is 2.41. The average molecular weight is 262 g/mol. The van der Waals surface area contributed by atoms with Crippen molar-refractivity contribution in [2.24, 2.45) is 0 Å². The first-order valence-electron chi connectivity index (χ1n) is 7.24. The third kappa shape index (κ3) is 6.27. The Morgan fingerprint density at radius 2 is 1.84 bits per heavy atom. The Morgan fingerprint density at radius 1 is 1.16 bits per heavy atom. The molecule has 0 saturated heterocycles. The molecule has 0 aliphatic heterocycles. The maximum atomic E-state index is 11.5. The predicted molar refractivity (Wildman–Crippen MR) is 81.6 cm³/mol. The Labute approximate surface area is 116 Å². The molecule has 19 heavy (non-hydrogen) atoms. The van der Waals surface area contributed by atoms with Gasteiger partial charge in [0.2, 0.25) is 5.91 Å². The second kappa shape index (κ2) is 8.57. The number of amides is 1. The number of rotatable bonds is 8. The van der Waals surface area contributed by atoms with Crippen molar-refractivity contribution >= 4 is 11.6 Å². The van der Waals surface area contributed by atoms with Crippen LogP contribution in [0, 0.1) is 0 Å². The van der Waals surface area contributed by atoms with E-state index in [9.17, 15) is 4.79 Å². The van der Waals surface area contributed by atoms with Crippen LogP contribution in [0.15, 0.2) is 24.3 Å². The van der Waals surface area contributed by atoms with Gasteiger partial charge in [0, 0.05) is 25.2 Å². The molecule has 0 aliphatic carbocycles. The Morgan fingerprint density at radius 3 is 2.42 bits per heavy atom. The standard InChI is InChI=1S/C16H26N2O/c1-4-5-11-18-16(19)10-12-17-15-8-6-14(7-9-15)13(2)3/h6-9,13,17H,4-5,10-12H2,1-3H3,(H,18,19). The maximum Gasteiger partial charge on any atom is 0.221 e. The molecule has 0 bridgehead atoms. The molecule has 0 fully saturated rings. The fourth-order valence-corrected chi connectivity index (χ4v) is 1.80. The van der Waals surface area contributed by atoms with E-state index in [0.29, 0.717) is 18.9 Å². The summed E-state index contributed by atoms with van der Waals surface area (Å²) in [6.07, 6.45) is 2.69. The lowest BCUT2D eigenvalue weighted by Crippen LogP contribution is -2.26. The van der Waals surface area contributed by atoms with Crippen LogP contribution in [-0.2, 0) is 4.79 Å². The SMILES string of the molecule is CCCCNC(=O)CCNc1ccc(C(C)C)cc1. The predicted octanol–water partition coefficient (Wildman–Crippen LogP) is 3.53. The average Bonchev–Trinajstić information content (AvgIpc) is 2.39. The van der Waals surface area contributed by atoms with E-state index in [0.717, 1.165) is 25.1 Å². The van der Waals surface area contributed by atoms with Gasteiger partial charge in [0.1, 0.15) is 0 Å². The number of hydrogen-bond acceptors (Lipinski definition) is 2. The Kier molecular flexibility index (Phi) is 7.01. The monoisotopic (exact) mass is 262 g/mol. The third-order valence-corrected chi connectivity index (χ3v) is 3.11. The normalized spacial score (nSPS) is 10.5. The van der Waals surface area contributed by atoms with Crippen molar-refractivity contribution in [3.05, 3.63) is 29.8 Å². The van der Waals surface area contributed by atoms with Crippen LogP contribution in [0.2, 0.25) is 0 Å². The number of carbonyl (C=O) groups is 1. The fraction of sp³-hybridized carbons (Fsp3) is 0.562. The first-order valence-corrected chi connectivity index (χ1v) is 7.24. The van der Waals surface area contributed by atoms with Crippen LogP contribution in [0.1, 0.15) is 51.5 Å². The van der Waals surface area contributed by atoms with Crippen molar-refractivity contribution in [3.63, 3.8) is 0 Å². The van der Waals surface area contributed by atoms with E-state index in [-0.39, 0.29) is 5.91 Å². The van der Waals surface area contributed by atoms with E-state index in [1.807, 2.05) is 0 Å². The molecule has 0 unspecified atom stereocenters. The van der Waals surface area contributed by atoms with Gasteiger partial charge in [0.25, 0.3) is 0 Å². The molecule has 0 atom stereocenters. The van der Waals surface area contributed by atoms with E-state index in [2.05, 4.69) is 55.7 Å². The molecular formula is C16H26N2O. The van der Waals surface area contributed by atoms with Gasteiger partial charge >= 0.3 is 0 Å². The first kappa shape index (κ1) is 15.5. The lowest BCUT2D eigenvalue weighted by molar-refractivity contribution is -0.120. The van der Waals surface area contributed by atoms with Gasteiger partial charge in [-0.05, 0) is 30.0 Å². The number of benzene rings is 1. The second-order valence-electron chi connectivity index (χ2n) is 5.16. The molecule has 1 aromatic rings. The summed E-state index contributed by atoms with van der Waals surface area (Å²) in [7, 11) is 0. The number of anilines is 1. The van der Waals surface area contributed by atoms with Gasteiger partial charge in [-0.3, -0.25) is 4.79 Å². The zero-order valence-electron chi connectivity index (χ0n) is 12.3. The highest BCUT2D eigenvalue weighted by atomic mass is 16.1. The molecular weight excluding hydrogens is 236 g/mol. The number of nitrogens with one attached hydrogen (secondary N) is 2. The Bertz CT molecular complexity index is 371. The largest absolute Gasteiger partial charge is 0.385 e. The van der Waals surface area contributed by atoms with Crippen molar-refractivity contribution in [1.29, 1.82) is 0 Å². The number of hydrogen-bond donors (Lipinski definition) is 2. The minimum Gasteiger partial charge on any atom is -0.385 e. The van der Waals surface area contributed by atoms with Crippen molar-refractivity contribution in [1.82, 2.24) is 5.32 Å². The summed E-state index contributed by atoms with van der Waals surface area (Å²) in [5, 5.41) is 6.19. The summed E-state index contributed by atoms with van der Waals surface area (Å²) in [6, 6.07) is 8.41. The highest BCUT2D eigenvalue weighted by Gasteiger charge is 2.01. The van der Waals surface area contributed by atoms with Gasteiger partial charge in [-0.15, -0.1) is 0 Å². The van der Waals surface area contributed by atoms with Crippen LogP contribution in [-0.4, -0.2) is 19.0 Å². The zero-order chi connectivity index (χ0) is 14.1. The first-order chi connectivity index (χ1) is 9.13. The van der Waals surface area contributed by atoms with Crippen LogP contribution in [0.5, 0.6) is 0 Å². The van der Waals surface area contributed by atoms with Crippen molar-refractivity contribution in [3.8, 4) is 0 Å². The van der Waals surface area contributed by atoms with E-state index in [1.54, 1.807) is 0 Å². The van der Waals surface area contributed by atoms with Gasteiger partial charge < -0.3 is 10.6 Å². The topological polar surface area (TPSA) is 41.1 Å². The summed E-state index contributed by atoms with van der Waals surface area (Å²) in [6.45, 7) is 7.96. The molecule has 106 valence electrons. The highest BCUT2D eigenvalue weighted by Crippen LogP contribution is 2.16. The molecule has 1 amide bonds. The van der Waals surface area contributed by atoms with Crippen molar-refractivity contribution in [2.75, 3.05) is 18.4 Å². The summed E-state index contributed by atoms with van der Waals surface area (Å²) >= 11 is 0. The molecule has 3 heteroatoms. The zero-order valence-corrected chi connectivity index (χ0v) is 12.3. The molecule has 0 aromatic heterocycles. The van der Waals surface area contributed by atoms with E-state index >= 15 is 0 Å². The van der Waals surface area contributed by atoms with Gasteiger partial charge in [-0.1, -0.05) is 39.3 Å². The minimum atomic E-state index is 0.125. The van der Waals surface area contributed by atoms with E-state index in [4.69, 9.17) is 0 Å². The van der Waals surface area contributed by atoms with E-state index in [1.165, 1.54) is 5.56 Å². The van der Waals surface area contributed by atoms with Crippen molar-refractivity contribution < 1.29 is 4.79 Å².